The highest BCUT2D eigenvalue weighted by molar-refractivity contribution is 7.91. The average Bonchev–Trinajstić information content (AvgIpc) is 3.00. The number of hydrogen-bond donors (Lipinski definition) is 1. The van der Waals surface area contributed by atoms with Gasteiger partial charge in [0.25, 0.3) is 0 Å². The fourth-order valence-electron chi connectivity index (χ4n) is 4.27. The molecule has 1 aliphatic carbocycles. The van der Waals surface area contributed by atoms with Crippen molar-refractivity contribution in [3.05, 3.63) is 0 Å². The maximum Gasteiger partial charge on any atom is 0.230 e. The van der Waals surface area contributed by atoms with E-state index in [0.717, 1.165) is 32.4 Å². The summed E-state index contributed by atoms with van der Waals surface area (Å²) in [6.45, 7) is 1.70. The van der Waals surface area contributed by atoms with Crippen molar-refractivity contribution in [1.82, 2.24) is 10.2 Å². The molecule has 3 atom stereocenters. The third kappa shape index (κ3) is 2.94. The number of sulfone groups is 1. The van der Waals surface area contributed by atoms with E-state index in [1.54, 1.807) is 11.9 Å². The molecule has 1 unspecified atom stereocenters. The van der Waals surface area contributed by atoms with Gasteiger partial charge in [0, 0.05) is 19.6 Å². The molecule has 1 N–H and O–H groups in total. The Morgan fingerprint density at radius 2 is 2.05 bits per heavy atom. The van der Waals surface area contributed by atoms with Gasteiger partial charge in [-0.05, 0) is 31.7 Å². The van der Waals surface area contributed by atoms with Gasteiger partial charge in [0.1, 0.15) is 0 Å². The monoisotopic (exact) mass is 336 g/mol. The summed E-state index contributed by atoms with van der Waals surface area (Å²) in [5.74, 6) is 0.978. The largest absolute Gasteiger partial charge is 0.341 e. The molecule has 122 valence electrons. The van der Waals surface area contributed by atoms with Crippen LogP contribution in [0.1, 0.15) is 32.1 Å². The lowest BCUT2D eigenvalue weighted by Crippen LogP contribution is -2.51. The summed E-state index contributed by atoms with van der Waals surface area (Å²) in [7, 11) is -1.14. The summed E-state index contributed by atoms with van der Waals surface area (Å²) < 4.78 is 23.2. The van der Waals surface area contributed by atoms with Gasteiger partial charge in [0.15, 0.2) is 9.84 Å². The van der Waals surface area contributed by atoms with Crippen molar-refractivity contribution >= 4 is 28.2 Å². The zero-order valence-electron chi connectivity index (χ0n) is 12.5. The minimum atomic E-state index is -2.94. The molecule has 2 heterocycles. The second-order valence-electron chi connectivity index (χ2n) is 6.70. The van der Waals surface area contributed by atoms with Gasteiger partial charge in [0.2, 0.25) is 5.91 Å². The van der Waals surface area contributed by atoms with Crippen LogP contribution in [0.15, 0.2) is 0 Å². The first-order valence-corrected chi connectivity index (χ1v) is 9.45. The molecular weight excluding hydrogens is 312 g/mol. The van der Waals surface area contributed by atoms with E-state index in [9.17, 15) is 13.2 Å². The summed E-state index contributed by atoms with van der Waals surface area (Å²) in [5.41, 5.74) is -0.265. The van der Waals surface area contributed by atoms with Gasteiger partial charge in [-0.15, -0.1) is 12.4 Å². The molecule has 0 spiro atoms. The van der Waals surface area contributed by atoms with Crippen LogP contribution in [0.4, 0.5) is 0 Å². The Morgan fingerprint density at radius 1 is 1.29 bits per heavy atom. The average molecular weight is 337 g/mol. The third-order valence-corrected chi connectivity index (χ3v) is 7.29. The maximum absolute atomic E-state index is 13.0. The maximum atomic E-state index is 13.0. The third-order valence-electron chi connectivity index (χ3n) is 5.54. The highest BCUT2D eigenvalue weighted by Crippen LogP contribution is 2.45. The van der Waals surface area contributed by atoms with Crippen molar-refractivity contribution in [3.8, 4) is 0 Å². The summed E-state index contributed by atoms with van der Waals surface area (Å²) >= 11 is 0. The number of fused-ring (bicyclic) bond motifs is 1. The van der Waals surface area contributed by atoms with Gasteiger partial charge in [-0.25, -0.2) is 8.42 Å². The van der Waals surface area contributed by atoms with E-state index in [0.29, 0.717) is 12.3 Å². The van der Waals surface area contributed by atoms with Crippen molar-refractivity contribution in [3.63, 3.8) is 0 Å². The van der Waals surface area contributed by atoms with Crippen LogP contribution in [-0.4, -0.2) is 56.9 Å². The van der Waals surface area contributed by atoms with Crippen molar-refractivity contribution in [1.29, 1.82) is 0 Å². The molecule has 0 bridgehead atoms. The van der Waals surface area contributed by atoms with Gasteiger partial charge in [-0.3, -0.25) is 4.79 Å². The number of amides is 1. The van der Waals surface area contributed by atoms with E-state index >= 15 is 0 Å². The highest BCUT2D eigenvalue weighted by Gasteiger charge is 2.52. The lowest BCUT2D eigenvalue weighted by atomic mass is 9.67. The molecule has 0 aromatic rings. The first-order valence-electron chi connectivity index (χ1n) is 7.63. The van der Waals surface area contributed by atoms with Crippen molar-refractivity contribution < 1.29 is 13.2 Å². The summed E-state index contributed by atoms with van der Waals surface area (Å²) in [6.07, 6.45) is 4.99. The number of halogens is 1. The minimum absolute atomic E-state index is 0. The smallest absolute Gasteiger partial charge is 0.230 e. The lowest BCUT2D eigenvalue weighted by Gasteiger charge is -2.41. The number of carbonyl (C=O) groups excluding carboxylic acids is 1. The molecule has 3 aliphatic rings. The number of carbonyl (C=O) groups is 1. The fraction of sp³-hybridized carbons (Fsp3) is 0.929. The Bertz CT molecular complexity index is 510. The Labute approximate surface area is 133 Å². The van der Waals surface area contributed by atoms with E-state index < -0.39 is 9.84 Å². The first-order chi connectivity index (χ1) is 9.45. The van der Waals surface area contributed by atoms with Gasteiger partial charge in [0.05, 0.1) is 16.9 Å². The zero-order chi connectivity index (χ0) is 14.4. The molecule has 0 radical (unpaired) electrons. The molecule has 3 rings (SSSR count). The molecule has 2 aliphatic heterocycles. The topological polar surface area (TPSA) is 66.5 Å². The van der Waals surface area contributed by atoms with E-state index in [4.69, 9.17) is 0 Å². The zero-order valence-corrected chi connectivity index (χ0v) is 14.1. The molecule has 1 saturated carbocycles. The number of nitrogens with zero attached hydrogens (tertiary/aromatic N) is 1. The second-order valence-corrected chi connectivity index (χ2v) is 8.93. The Hall–Kier alpha value is -0.330. The molecule has 3 fully saturated rings. The molecule has 2 saturated heterocycles. The molecule has 5 nitrogen and oxygen atoms in total. The SMILES string of the molecule is CN(C(=O)[C@@]12CCCC[C@H]1CNC2)C1CCS(=O)(=O)C1.Cl. The van der Waals surface area contributed by atoms with Crippen LogP contribution in [0, 0.1) is 11.3 Å². The van der Waals surface area contributed by atoms with Crippen LogP contribution in [0.25, 0.3) is 0 Å². The van der Waals surface area contributed by atoms with Gasteiger partial charge in [-0.2, -0.15) is 0 Å². The van der Waals surface area contributed by atoms with E-state index in [1.807, 2.05) is 0 Å². The number of rotatable bonds is 2. The highest BCUT2D eigenvalue weighted by atomic mass is 35.5. The van der Waals surface area contributed by atoms with Crippen molar-refractivity contribution in [2.45, 2.75) is 38.1 Å². The van der Waals surface area contributed by atoms with E-state index in [1.165, 1.54) is 6.42 Å². The van der Waals surface area contributed by atoms with E-state index in [2.05, 4.69) is 5.32 Å². The van der Waals surface area contributed by atoms with Crippen LogP contribution in [0.3, 0.4) is 0 Å². The number of nitrogens with one attached hydrogen (secondary N) is 1. The number of hydrogen-bond acceptors (Lipinski definition) is 4. The first kappa shape index (κ1) is 17.0. The van der Waals surface area contributed by atoms with Crippen LogP contribution in [-0.2, 0) is 14.6 Å². The normalized spacial score (nSPS) is 37.6. The summed E-state index contributed by atoms with van der Waals surface area (Å²) in [5, 5.41) is 3.38. The molecule has 7 heteroatoms. The van der Waals surface area contributed by atoms with Gasteiger partial charge in [-0.1, -0.05) is 12.8 Å². The lowest BCUT2D eigenvalue weighted by molar-refractivity contribution is -0.145. The summed E-state index contributed by atoms with van der Waals surface area (Å²) in [4.78, 5) is 14.7. The van der Waals surface area contributed by atoms with Crippen LogP contribution in [0.2, 0.25) is 0 Å². The molecular formula is C14H25ClN2O3S. The fourth-order valence-corrected chi connectivity index (χ4v) is 6.04. The van der Waals surface area contributed by atoms with Gasteiger partial charge < -0.3 is 10.2 Å². The molecule has 0 aromatic carbocycles. The summed E-state index contributed by atoms with van der Waals surface area (Å²) in [6, 6.07) is -0.120. The van der Waals surface area contributed by atoms with Crippen LogP contribution >= 0.6 is 12.4 Å². The predicted octanol–water partition coefficient (Wildman–Crippen LogP) is 0.833. The van der Waals surface area contributed by atoms with Crippen LogP contribution in [0.5, 0.6) is 0 Å². The van der Waals surface area contributed by atoms with Gasteiger partial charge >= 0.3 is 0 Å². The van der Waals surface area contributed by atoms with Crippen LogP contribution < -0.4 is 5.32 Å². The Balaban J connectivity index is 0.00000161. The molecule has 0 aromatic heterocycles. The second kappa shape index (κ2) is 6.05. The minimum Gasteiger partial charge on any atom is -0.341 e. The molecule has 21 heavy (non-hydrogen) atoms. The van der Waals surface area contributed by atoms with Crippen molar-refractivity contribution in [2.24, 2.45) is 11.3 Å². The Morgan fingerprint density at radius 3 is 2.71 bits per heavy atom. The predicted molar refractivity (Wildman–Crippen MR) is 84.3 cm³/mol. The van der Waals surface area contributed by atoms with E-state index in [-0.39, 0.29) is 41.3 Å². The Kier molecular flexibility index (Phi) is 4.90. The standard InChI is InChI=1S/C14H24N2O3S.ClH/c1-16(12-5-7-20(18,19)9-12)13(17)14-6-3-2-4-11(14)8-15-10-14;/h11-12,15H,2-10H2,1H3;1H/t11-,12?,14+;/m0./s1. The quantitative estimate of drug-likeness (QED) is 0.811. The molecule has 1 amide bonds. The van der Waals surface area contributed by atoms with Crippen molar-refractivity contribution in [2.75, 3.05) is 31.6 Å².